The summed E-state index contributed by atoms with van der Waals surface area (Å²) < 4.78 is 40.8. The molecule has 0 spiro atoms. The highest BCUT2D eigenvalue weighted by Crippen LogP contribution is 2.30. The van der Waals surface area contributed by atoms with E-state index in [4.69, 9.17) is 0 Å². The molecule has 0 saturated heterocycles. The maximum atomic E-state index is 13.3. The summed E-state index contributed by atoms with van der Waals surface area (Å²) in [5.74, 6) is 0. The van der Waals surface area contributed by atoms with E-state index in [0.717, 1.165) is 4.68 Å². The Morgan fingerprint density at radius 1 is 0.913 bits per heavy atom. The number of aromatic nitrogens is 2. The first-order chi connectivity index (χ1) is 11.0. The van der Waals surface area contributed by atoms with Gasteiger partial charge < -0.3 is 0 Å². The fourth-order valence-electron chi connectivity index (χ4n) is 2.43. The Bertz CT molecular complexity index is 849. The number of benzene rings is 2. The van der Waals surface area contributed by atoms with Gasteiger partial charge in [0.1, 0.15) is 5.69 Å². The van der Waals surface area contributed by atoms with Gasteiger partial charge in [0.05, 0.1) is 11.3 Å². The van der Waals surface area contributed by atoms with Crippen molar-refractivity contribution in [3.05, 3.63) is 87.8 Å². The van der Waals surface area contributed by atoms with E-state index in [2.05, 4.69) is 5.10 Å². The Balaban J connectivity index is 2.14. The molecule has 0 fully saturated rings. The van der Waals surface area contributed by atoms with Gasteiger partial charge in [-0.3, -0.25) is 9.89 Å². The molecule has 3 nitrogen and oxygen atoms in total. The lowest BCUT2D eigenvalue weighted by atomic mass is 10.1. The first kappa shape index (κ1) is 15.1. The van der Waals surface area contributed by atoms with Crippen LogP contribution in [-0.2, 0) is 12.6 Å². The van der Waals surface area contributed by atoms with Crippen LogP contribution < -0.4 is 5.56 Å². The van der Waals surface area contributed by atoms with Crippen LogP contribution in [-0.4, -0.2) is 9.78 Å². The van der Waals surface area contributed by atoms with E-state index in [1.165, 1.54) is 0 Å². The van der Waals surface area contributed by atoms with Gasteiger partial charge >= 0.3 is 6.18 Å². The number of halogens is 3. The highest BCUT2D eigenvalue weighted by molar-refractivity contribution is 5.35. The zero-order valence-corrected chi connectivity index (χ0v) is 12.0. The van der Waals surface area contributed by atoms with E-state index >= 15 is 0 Å². The van der Waals surface area contributed by atoms with Crippen LogP contribution in [0.1, 0.15) is 16.8 Å². The minimum Gasteiger partial charge on any atom is -0.286 e. The number of H-pyrrole nitrogens is 1. The van der Waals surface area contributed by atoms with Crippen molar-refractivity contribution in [1.29, 1.82) is 0 Å². The number of nitrogens with zero attached hydrogens (tertiary/aromatic N) is 1. The van der Waals surface area contributed by atoms with E-state index in [0.29, 0.717) is 11.3 Å². The molecule has 0 radical (unpaired) electrons. The second kappa shape index (κ2) is 5.79. The quantitative estimate of drug-likeness (QED) is 0.784. The first-order valence-corrected chi connectivity index (χ1v) is 6.97. The molecule has 0 saturated carbocycles. The molecule has 1 aromatic heterocycles. The number of hydrogen-bond acceptors (Lipinski definition) is 1. The van der Waals surface area contributed by atoms with Gasteiger partial charge in [-0.25, -0.2) is 4.68 Å². The molecule has 118 valence electrons. The molecule has 3 rings (SSSR count). The van der Waals surface area contributed by atoms with Crippen LogP contribution in [0.5, 0.6) is 0 Å². The van der Waals surface area contributed by atoms with Crippen LogP contribution in [0.2, 0.25) is 0 Å². The van der Waals surface area contributed by atoms with E-state index in [1.807, 2.05) is 0 Å². The van der Waals surface area contributed by atoms with Gasteiger partial charge in [0.15, 0.2) is 0 Å². The van der Waals surface area contributed by atoms with Gasteiger partial charge in [-0.05, 0) is 17.7 Å². The van der Waals surface area contributed by atoms with Gasteiger partial charge in [0.25, 0.3) is 5.56 Å². The van der Waals surface area contributed by atoms with E-state index in [-0.39, 0.29) is 12.0 Å². The van der Waals surface area contributed by atoms with Gasteiger partial charge in [-0.15, -0.1) is 0 Å². The standard InChI is InChI=1S/C17H13F3N2O/c18-17(19,20)15-14(11-12-7-3-1-4-8-12)16(23)22(21-15)13-9-5-2-6-10-13/h1-10,21H,11H2. The third-order valence-corrected chi connectivity index (χ3v) is 3.51. The van der Waals surface area contributed by atoms with Crippen molar-refractivity contribution in [3.8, 4) is 5.69 Å². The molecular formula is C17H13F3N2O. The van der Waals surface area contributed by atoms with Gasteiger partial charge in [0.2, 0.25) is 0 Å². The highest BCUT2D eigenvalue weighted by atomic mass is 19.4. The number of rotatable bonds is 3. The van der Waals surface area contributed by atoms with Crippen LogP contribution in [0.25, 0.3) is 5.69 Å². The van der Waals surface area contributed by atoms with Gasteiger partial charge in [-0.1, -0.05) is 48.5 Å². The monoisotopic (exact) mass is 318 g/mol. The smallest absolute Gasteiger partial charge is 0.286 e. The third kappa shape index (κ3) is 3.06. The second-order valence-electron chi connectivity index (χ2n) is 5.10. The molecule has 0 unspecified atom stereocenters. The highest BCUT2D eigenvalue weighted by Gasteiger charge is 2.37. The molecule has 3 aromatic rings. The van der Waals surface area contributed by atoms with Crippen molar-refractivity contribution < 1.29 is 13.2 Å². The average molecular weight is 318 g/mol. The summed E-state index contributed by atoms with van der Waals surface area (Å²) in [6.07, 6.45) is -4.70. The lowest BCUT2D eigenvalue weighted by Crippen LogP contribution is -2.18. The SMILES string of the molecule is O=c1c(Cc2ccccc2)c(C(F)(F)F)[nH]n1-c1ccccc1. The summed E-state index contributed by atoms with van der Waals surface area (Å²) in [5.41, 5.74) is -0.966. The molecule has 2 aromatic carbocycles. The Hall–Kier alpha value is -2.76. The Labute approximate surface area is 130 Å². The summed E-state index contributed by atoms with van der Waals surface area (Å²) in [5, 5.41) is 2.21. The van der Waals surface area contributed by atoms with Crippen molar-refractivity contribution in [2.24, 2.45) is 0 Å². The number of aromatic amines is 1. The van der Waals surface area contributed by atoms with Crippen molar-refractivity contribution >= 4 is 0 Å². The zero-order valence-electron chi connectivity index (χ0n) is 12.0. The summed E-state index contributed by atoms with van der Waals surface area (Å²) >= 11 is 0. The molecule has 1 heterocycles. The fraction of sp³-hybridized carbons (Fsp3) is 0.118. The van der Waals surface area contributed by atoms with Gasteiger partial charge in [-0.2, -0.15) is 13.2 Å². The molecule has 0 aliphatic carbocycles. The van der Waals surface area contributed by atoms with E-state index in [9.17, 15) is 18.0 Å². The molecule has 23 heavy (non-hydrogen) atoms. The Kier molecular flexibility index (Phi) is 3.82. The van der Waals surface area contributed by atoms with Crippen LogP contribution in [0.15, 0.2) is 65.5 Å². The van der Waals surface area contributed by atoms with Crippen LogP contribution in [0, 0.1) is 0 Å². The molecule has 0 aliphatic rings. The van der Waals surface area contributed by atoms with E-state index in [1.54, 1.807) is 60.7 Å². The van der Waals surface area contributed by atoms with Crippen molar-refractivity contribution in [2.45, 2.75) is 12.6 Å². The van der Waals surface area contributed by atoms with Crippen molar-refractivity contribution in [1.82, 2.24) is 9.78 Å². The Morgan fingerprint density at radius 3 is 2.04 bits per heavy atom. The van der Waals surface area contributed by atoms with Crippen LogP contribution in [0.4, 0.5) is 13.2 Å². The largest absolute Gasteiger partial charge is 0.433 e. The Morgan fingerprint density at radius 2 is 1.48 bits per heavy atom. The molecule has 0 amide bonds. The molecule has 0 bridgehead atoms. The normalized spacial score (nSPS) is 11.6. The summed E-state index contributed by atoms with van der Waals surface area (Å²) in [7, 11) is 0. The first-order valence-electron chi connectivity index (χ1n) is 6.97. The molecule has 0 aliphatic heterocycles. The molecule has 0 atom stereocenters. The van der Waals surface area contributed by atoms with Crippen molar-refractivity contribution in [2.75, 3.05) is 0 Å². The summed E-state index contributed by atoms with van der Waals surface area (Å²) in [6, 6.07) is 16.8. The lowest BCUT2D eigenvalue weighted by molar-refractivity contribution is -0.141. The predicted molar refractivity (Wildman–Crippen MR) is 80.6 cm³/mol. The maximum absolute atomic E-state index is 13.3. The van der Waals surface area contributed by atoms with E-state index < -0.39 is 17.4 Å². The topological polar surface area (TPSA) is 37.8 Å². The second-order valence-corrected chi connectivity index (χ2v) is 5.10. The minimum atomic E-state index is -4.62. The van der Waals surface area contributed by atoms with Gasteiger partial charge in [0, 0.05) is 6.42 Å². The molecule has 1 N–H and O–H groups in total. The maximum Gasteiger partial charge on any atom is 0.433 e. The third-order valence-electron chi connectivity index (χ3n) is 3.51. The minimum absolute atomic E-state index is 0.0785. The number of nitrogens with one attached hydrogen (secondary N) is 1. The average Bonchev–Trinajstić information content (AvgIpc) is 2.86. The zero-order chi connectivity index (χ0) is 16.4. The predicted octanol–water partition coefficient (Wildman–Crippen LogP) is 3.78. The summed E-state index contributed by atoms with van der Waals surface area (Å²) in [4.78, 5) is 12.5. The number of hydrogen-bond donors (Lipinski definition) is 1. The van der Waals surface area contributed by atoms with Crippen molar-refractivity contribution in [3.63, 3.8) is 0 Å². The summed E-state index contributed by atoms with van der Waals surface area (Å²) in [6.45, 7) is 0. The fourth-order valence-corrected chi connectivity index (χ4v) is 2.43. The molecular weight excluding hydrogens is 305 g/mol. The van der Waals surface area contributed by atoms with Crippen LogP contribution >= 0.6 is 0 Å². The lowest BCUT2D eigenvalue weighted by Gasteiger charge is -2.06. The number of alkyl halides is 3. The number of para-hydroxylation sites is 1. The molecule has 6 heteroatoms. The van der Waals surface area contributed by atoms with Crippen LogP contribution in [0.3, 0.4) is 0 Å².